The Morgan fingerprint density at radius 3 is 2.20 bits per heavy atom. The molecule has 3 amide bonds. The van der Waals surface area contributed by atoms with Crippen LogP contribution in [0.15, 0.2) is 66.7 Å². The molecule has 0 saturated heterocycles. The summed E-state index contributed by atoms with van der Waals surface area (Å²) >= 11 is 0. The van der Waals surface area contributed by atoms with Gasteiger partial charge in [-0.3, -0.25) is 14.4 Å². The molecule has 0 radical (unpaired) electrons. The van der Waals surface area contributed by atoms with Crippen molar-refractivity contribution in [2.24, 2.45) is 0 Å². The predicted octanol–water partition coefficient (Wildman–Crippen LogP) is 4.98. The van der Waals surface area contributed by atoms with Gasteiger partial charge in [0.25, 0.3) is 0 Å². The van der Waals surface area contributed by atoms with E-state index in [0.717, 1.165) is 33.6 Å². The quantitative estimate of drug-likeness (QED) is 0.368. The van der Waals surface area contributed by atoms with E-state index in [0.29, 0.717) is 18.7 Å². The Labute approximate surface area is 233 Å². The van der Waals surface area contributed by atoms with Gasteiger partial charge in [-0.2, -0.15) is 0 Å². The van der Waals surface area contributed by atoms with Gasteiger partial charge in [0.2, 0.25) is 5.91 Å². The van der Waals surface area contributed by atoms with Gasteiger partial charge in [-0.15, -0.1) is 0 Å². The van der Waals surface area contributed by atoms with Crippen LogP contribution in [0, 0.1) is 6.92 Å². The summed E-state index contributed by atoms with van der Waals surface area (Å²) in [7, 11) is 2.63. The first-order valence-electron chi connectivity index (χ1n) is 13.1. The van der Waals surface area contributed by atoms with E-state index in [4.69, 9.17) is 9.47 Å². The molecule has 0 aromatic heterocycles. The van der Waals surface area contributed by atoms with Crippen LogP contribution < -0.4 is 15.5 Å². The molecule has 4 rings (SSSR count). The van der Waals surface area contributed by atoms with E-state index >= 15 is 0 Å². The number of ether oxygens (including phenoxy) is 2. The lowest BCUT2D eigenvalue weighted by atomic mass is 9.91. The van der Waals surface area contributed by atoms with Crippen LogP contribution in [-0.2, 0) is 36.7 Å². The zero-order valence-electron chi connectivity index (χ0n) is 22.9. The van der Waals surface area contributed by atoms with Crippen molar-refractivity contribution in [2.45, 2.75) is 38.5 Å². The number of hydrogen-bond acceptors (Lipinski definition) is 6. The van der Waals surface area contributed by atoms with Crippen molar-refractivity contribution in [2.75, 3.05) is 36.3 Å². The number of hydrogen-bond donors (Lipinski definition) is 2. The summed E-state index contributed by atoms with van der Waals surface area (Å²) in [4.78, 5) is 51.2. The van der Waals surface area contributed by atoms with Crippen LogP contribution in [0.4, 0.5) is 21.9 Å². The van der Waals surface area contributed by atoms with Gasteiger partial charge in [0.15, 0.2) is 0 Å². The number of nitrogens with zero attached hydrogens (tertiary/aromatic N) is 1. The summed E-state index contributed by atoms with van der Waals surface area (Å²) in [5, 5.41) is 5.64. The third kappa shape index (κ3) is 7.05. The van der Waals surface area contributed by atoms with Gasteiger partial charge < -0.3 is 25.0 Å². The fraction of sp³-hybridized carbons (Fsp3) is 0.290. The molecular weight excluding hydrogens is 510 g/mol. The van der Waals surface area contributed by atoms with E-state index in [2.05, 4.69) is 10.6 Å². The number of para-hydroxylation sites is 1. The minimum atomic E-state index is -0.403. The summed E-state index contributed by atoms with van der Waals surface area (Å²) in [5.74, 6) is -1.22. The van der Waals surface area contributed by atoms with Crippen molar-refractivity contribution in [1.82, 2.24) is 0 Å². The van der Waals surface area contributed by atoms with Crippen molar-refractivity contribution in [1.29, 1.82) is 0 Å². The number of amides is 3. The Bertz CT molecular complexity index is 1380. The van der Waals surface area contributed by atoms with Crippen molar-refractivity contribution in [3.05, 3.63) is 89.0 Å². The first-order valence-corrected chi connectivity index (χ1v) is 13.1. The van der Waals surface area contributed by atoms with Crippen molar-refractivity contribution in [3.8, 4) is 0 Å². The maximum absolute atomic E-state index is 13.2. The summed E-state index contributed by atoms with van der Waals surface area (Å²) in [6, 6.07) is 20.1. The predicted molar refractivity (Wildman–Crippen MR) is 152 cm³/mol. The third-order valence-corrected chi connectivity index (χ3v) is 7.01. The van der Waals surface area contributed by atoms with E-state index in [1.807, 2.05) is 61.5 Å². The number of methoxy groups -OCH3 is 2. The molecule has 0 unspecified atom stereocenters. The zero-order chi connectivity index (χ0) is 28.6. The largest absolute Gasteiger partial charge is 0.469 e. The van der Waals surface area contributed by atoms with E-state index in [1.54, 1.807) is 17.0 Å². The Morgan fingerprint density at radius 2 is 1.55 bits per heavy atom. The second-order valence-electron chi connectivity index (χ2n) is 9.71. The van der Waals surface area contributed by atoms with Gasteiger partial charge in [0.05, 0.1) is 33.5 Å². The summed E-state index contributed by atoms with van der Waals surface area (Å²) < 4.78 is 9.60. The van der Waals surface area contributed by atoms with Gasteiger partial charge in [-0.25, -0.2) is 4.79 Å². The molecule has 0 atom stereocenters. The highest BCUT2D eigenvalue weighted by Crippen LogP contribution is 2.34. The average molecular weight is 544 g/mol. The smallest absolute Gasteiger partial charge is 0.323 e. The number of esters is 2. The molecule has 0 spiro atoms. The van der Waals surface area contributed by atoms with Crippen molar-refractivity contribution < 1.29 is 28.7 Å². The van der Waals surface area contributed by atoms with E-state index in [1.165, 1.54) is 14.2 Å². The van der Waals surface area contributed by atoms with Crippen LogP contribution in [0.1, 0.15) is 41.0 Å². The lowest BCUT2D eigenvalue weighted by Gasteiger charge is -2.19. The summed E-state index contributed by atoms with van der Waals surface area (Å²) in [5.41, 5.74) is 5.81. The third-order valence-electron chi connectivity index (χ3n) is 7.01. The van der Waals surface area contributed by atoms with Crippen molar-refractivity contribution in [3.63, 3.8) is 0 Å². The molecule has 1 heterocycles. The minimum absolute atomic E-state index is 0.0369. The van der Waals surface area contributed by atoms with Gasteiger partial charge in [0, 0.05) is 29.5 Å². The number of aryl methyl sites for hydroxylation is 1. The molecule has 208 valence electrons. The highest BCUT2D eigenvalue weighted by atomic mass is 16.5. The van der Waals surface area contributed by atoms with Crippen LogP contribution in [0.2, 0.25) is 0 Å². The van der Waals surface area contributed by atoms with E-state index < -0.39 is 11.9 Å². The normalized spacial score (nSPS) is 12.1. The Hall–Kier alpha value is -4.66. The average Bonchev–Trinajstić information content (AvgIpc) is 3.38. The molecule has 0 bridgehead atoms. The summed E-state index contributed by atoms with van der Waals surface area (Å²) in [6.07, 6.45) is 1.01. The number of nitrogens with one attached hydrogen (secondary N) is 2. The standard InChI is InChI=1S/C31H33N3O6/c1-20-6-4-5-7-26(20)33-31(38)32-25-11-8-21(9-12-25)16-28(35)34-15-14-23-17-22(10-13-27(23)34)24(18-29(36)39-2)19-30(37)40-3/h4-13,17,24H,14-16,18-19H2,1-3H3,(H2,32,33,38). The molecule has 9 nitrogen and oxygen atoms in total. The van der Waals surface area contributed by atoms with Crippen LogP contribution in [0.25, 0.3) is 0 Å². The Morgan fingerprint density at radius 1 is 0.875 bits per heavy atom. The highest BCUT2D eigenvalue weighted by molar-refractivity contribution is 6.00. The molecule has 0 aliphatic carbocycles. The molecular formula is C31H33N3O6. The van der Waals surface area contributed by atoms with Gasteiger partial charge >= 0.3 is 18.0 Å². The number of rotatable bonds is 9. The fourth-order valence-electron chi connectivity index (χ4n) is 4.79. The first kappa shape index (κ1) is 28.4. The van der Waals surface area contributed by atoms with Crippen LogP contribution in [0.3, 0.4) is 0 Å². The molecule has 3 aromatic rings. The summed E-state index contributed by atoms with van der Waals surface area (Å²) in [6.45, 7) is 2.47. The maximum Gasteiger partial charge on any atom is 0.323 e. The molecule has 2 N–H and O–H groups in total. The Kier molecular flexibility index (Phi) is 9.16. The van der Waals surface area contributed by atoms with Gasteiger partial charge in [-0.1, -0.05) is 42.5 Å². The number of carbonyl (C=O) groups is 4. The molecule has 1 aliphatic rings. The van der Waals surface area contributed by atoms with E-state index in [-0.39, 0.29) is 37.1 Å². The minimum Gasteiger partial charge on any atom is -0.469 e. The molecule has 1 aliphatic heterocycles. The lowest BCUT2D eigenvalue weighted by molar-refractivity contribution is -0.143. The van der Waals surface area contributed by atoms with E-state index in [9.17, 15) is 19.2 Å². The number of anilines is 3. The van der Waals surface area contributed by atoms with Crippen LogP contribution in [0.5, 0.6) is 0 Å². The second-order valence-corrected chi connectivity index (χ2v) is 9.71. The molecule has 3 aromatic carbocycles. The number of urea groups is 1. The van der Waals surface area contributed by atoms with Gasteiger partial charge in [0.1, 0.15) is 0 Å². The van der Waals surface area contributed by atoms with Crippen LogP contribution in [-0.4, -0.2) is 44.6 Å². The Balaban J connectivity index is 1.38. The van der Waals surface area contributed by atoms with Crippen molar-refractivity contribution >= 4 is 40.9 Å². The zero-order valence-corrected chi connectivity index (χ0v) is 22.9. The lowest BCUT2D eigenvalue weighted by Crippen LogP contribution is -2.30. The highest BCUT2D eigenvalue weighted by Gasteiger charge is 2.27. The fourth-order valence-corrected chi connectivity index (χ4v) is 4.79. The molecule has 0 saturated carbocycles. The molecule has 0 fully saturated rings. The maximum atomic E-state index is 13.2. The van der Waals surface area contributed by atoms with Gasteiger partial charge in [-0.05, 0) is 59.9 Å². The molecule has 40 heavy (non-hydrogen) atoms. The molecule has 9 heteroatoms. The number of benzene rings is 3. The first-order chi connectivity index (χ1) is 19.3. The van der Waals surface area contributed by atoms with Crippen LogP contribution >= 0.6 is 0 Å². The number of fused-ring (bicyclic) bond motifs is 1. The topological polar surface area (TPSA) is 114 Å². The number of carbonyl (C=O) groups excluding carboxylic acids is 4. The second kappa shape index (κ2) is 12.9. The SMILES string of the molecule is COC(=O)CC(CC(=O)OC)c1ccc2c(c1)CCN2C(=O)Cc1ccc(NC(=O)Nc2ccccc2C)cc1. The monoisotopic (exact) mass is 543 g/mol.